The van der Waals surface area contributed by atoms with E-state index in [0.29, 0.717) is 5.38 Å². The van der Waals surface area contributed by atoms with Gasteiger partial charge in [-0.05, 0) is 31.7 Å². The van der Waals surface area contributed by atoms with Crippen LogP contribution in [-0.2, 0) is 13.0 Å². The molecule has 1 aromatic heterocycles. The summed E-state index contributed by atoms with van der Waals surface area (Å²) in [6, 6.07) is 2.10. The minimum atomic E-state index is 0.319. The van der Waals surface area contributed by atoms with Gasteiger partial charge in [-0.2, -0.15) is 5.10 Å². The third-order valence-electron chi connectivity index (χ3n) is 2.56. The third kappa shape index (κ3) is 4.25. The zero-order valence-corrected chi connectivity index (χ0v) is 10.5. The molecule has 1 aromatic rings. The fraction of sp³-hybridized carbons (Fsp3) is 0.750. The number of aromatic nitrogens is 2. The molecule has 0 aliphatic rings. The van der Waals surface area contributed by atoms with Crippen molar-refractivity contribution in [3.8, 4) is 0 Å². The van der Waals surface area contributed by atoms with Crippen molar-refractivity contribution in [1.29, 1.82) is 0 Å². The molecule has 3 heteroatoms. The van der Waals surface area contributed by atoms with Crippen LogP contribution in [0.25, 0.3) is 0 Å². The molecule has 0 aromatic carbocycles. The van der Waals surface area contributed by atoms with Crippen molar-refractivity contribution in [3.63, 3.8) is 0 Å². The van der Waals surface area contributed by atoms with Crippen molar-refractivity contribution >= 4 is 11.6 Å². The first-order valence-electron chi connectivity index (χ1n) is 5.92. The van der Waals surface area contributed by atoms with Crippen molar-refractivity contribution in [2.45, 2.75) is 57.9 Å². The molecule has 1 atom stereocenters. The fourth-order valence-electron chi connectivity index (χ4n) is 1.75. The molecular formula is C12H21ClN2. The molecular weight excluding hydrogens is 208 g/mol. The number of nitrogens with zero attached hydrogens (tertiary/aromatic N) is 2. The highest BCUT2D eigenvalue weighted by atomic mass is 35.5. The lowest BCUT2D eigenvalue weighted by Gasteiger charge is -2.09. The maximum Gasteiger partial charge on any atom is 0.0492 e. The zero-order chi connectivity index (χ0) is 11.1. The van der Waals surface area contributed by atoms with Gasteiger partial charge in [-0.3, -0.25) is 4.68 Å². The Labute approximate surface area is 97.6 Å². The van der Waals surface area contributed by atoms with E-state index in [0.717, 1.165) is 32.2 Å². The molecule has 0 fully saturated rings. The summed E-state index contributed by atoms with van der Waals surface area (Å²) in [6.45, 7) is 5.37. The summed E-state index contributed by atoms with van der Waals surface area (Å²) >= 11 is 6.20. The Bertz CT molecular complexity index is 270. The topological polar surface area (TPSA) is 17.8 Å². The van der Waals surface area contributed by atoms with Crippen molar-refractivity contribution in [2.75, 3.05) is 0 Å². The van der Waals surface area contributed by atoms with Gasteiger partial charge in [0.1, 0.15) is 0 Å². The molecule has 0 saturated carbocycles. The van der Waals surface area contributed by atoms with Gasteiger partial charge >= 0.3 is 0 Å². The molecule has 0 saturated heterocycles. The molecule has 1 unspecified atom stereocenters. The summed E-state index contributed by atoms with van der Waals surface area (Å²) in [5, 5.41) is 4.62. The minimum absolute atomic E-state index is 0.319. The lowest BCUT2D eigenvalue weighted by atomic mass is 10.1. The van der Waals surface area contributed by atoms with Crippen LogP contribution in [0, 0.1) is 0 Å². The molecule has 0 aliphatic carbocycles. The van der Waals surface area contributed by atoms with Crippen molar-refractivity contribution in [3.05, 3.63) is 18.0 Å². The van der Waals surface area contributed by atoms with Crippen molar-refractivity contribution in [2.24, 2.45) is 0 Å². The maximum absolute atomic E-state index is 6.20. The van der Waals surface area contributed by atoms with Gasteiger partial charge in [0.2, 0.25) is 0 Å². The van der Waals surface area contributed by atoms with E-state index in [4.69, 9.17) is 11.6 Å². The molecule has 86 valence electrons. The molecule has 15 heavy (non-hydrogen) atoms. The van der Waals surface area contributed by atoms with E-state index in [2.05, 4.69) is 29.7 Å². The van der Waals surface area contributed by atoms with E-state index >= 15 is 0 Å². The van der Waals surface area contributed by atoms with Crippen LogP contribution in [-0.4, -0.2) is 15.2 Å². The van der Waals surface area contributed by atoms with Gasteiger partial charge in [0.25, 0.3) is 0 Å². The number of aryl methyl sites for hydroxylation is 2. The van der Waals surface area contributed by atoms with Gasteiger partial charge in [-0.1, -0.05) is 20.3 Å². The average Bonchev–Trinajstić information content (AvgIpc) is 2.64. The van der Waals surface area contributed by atoms with Crippen LogP contribution in [0.5, 0.6) is 0 Å². The summed E-state index contributed by atoms with van der Waals surface area (Å²) < 4.78 is 2.09. The highest BCUT2D eigenvalue weighted by Gasteiger charge is 2.06. The molecule has 0 spiro atoms. The molecule has 0 radical (unpaired) electrons. The van der Waals surface area contributed by atoms with Crippen molar-refractivity contribution in [1.82, 2.24) is 9.78 Å². The molecule has 1 heterocycles. The summed E-state index contributed by atoms with van der Waals surface area (Å²) in [7, 11) is 0. The first-order valence-corrected chi connectivity index (χ1v) is 6.36. The van der Waals surface area contributed by atoms with Gasteiger partial charge in [-0.15, -0.1) is 11.6 Å². The molecule has 0 amide bonds. The molecule has 0 bridgehead atoms. The van der Waals surface area contributed by atoms with Crippen LogP contribution >= 0.6 is 11.6 Å². The van der Waals surface area contributed by atoms with E-state index < -0.39 is 0 Å². The van der Waals surface area contributed by atoms with Crippen LogP contribution in [0.1, 0.15) is 45.2 Å². The average molecular weight is 229 g/mol. The van der Waals surface area contributed by atoms with E-state index in [1.165, 1.54) is 12.1 Å². The normalized spacial score (nSPS) is 13.0. The standard InChI is InChI=1S/C12H21ClN2/c1-3-5-11(13)6-7-12-8-9-14-15(12)10-4-2/h8-9,11H,3-7,10H2,1-2H3. The van der Waals surface area contributed by atoms with Crippen LogP contribution in [0.2, 0.25) is 0 Å². The summed E-state index contributed by atoms with van der Waals surface area (Å²) in [6.07, 6.45) is 7.41. The van der Waals surface area contributed by atoms with Crippen LogP contribution in [0.3, 0.4) is 0 Å². The van der Waals surface area contributed by atoms with Gasteiger partial charge in [0.15, 0.2) is 0 Å². The molecule has 2 nitrogen and oxygen atoms in total. The Morgan fingerprint density at radius 3 is 2.80 bits per heavy atom. The van der Waals surface area contributed by atoms with E-state index in [9.17, 15) is 0 Å². The largest absolute Gasteiger partial charge is 0.270 e. The number of alkyl halides is 1. The Hall–Kier alpha value is -0.500. The van der Waals surface area contributed by atoms with E-state index in [-0.39, 0.29) is 0 Å². The van der Waals surface area contributed by atoms with Crippen LogP contribution in [0.15, 0.2) is 12.3 Å². The Kier molecular flexibility index (Phi) is 5.77. The SMILES string of the molecule is CCCC(Cl)CCc1ccnn1CCC. The first kappa shape index (κ1) is 12.6. The van der Waals surface area contributed by atoms with Crippen LogP contribution in [0.4, 0.5) is 0 Å². The Balaban J connectivity index is 2.39. The summed E-state index contributed by atoms with van der Waals surface area (Å²) in [5.74, 6) is 0. The molecule has 0 aliphatic heterocycles. The van der Waals surface area contributed by atoms with Crippen molar-refractivity contribution < 1.29 is 0 Å². The van der Waals surface area contributed by atoms with E-state index in [1.54, 1.807) is 0 Å². The highest BCUT2D eigenvalue weighted by Crippen LogP contribution is 2.13. The second-order valence-corrected chi connectivity index (χ2v) is 4.59. The predicted octanol–water partition coefficient (Wildman–Crippen LogP) is 3.63. The summed E-state index contributed by atoms with van der Waals surface area (Å²) in [4.78, 5) is 0. The van der Waals surface area contributed by atoms with Gasteiger partial charge < -0.3 is 0 Å². The van der Waals surface area contributed by atoms with Gasteiger partial charge in [0, 0.05) is 23.8 Å². The van der Waals surface area contributed by atoms with Gasteiger partial charge in [0.05, 0.1) is 0 Å². The number of rotatable bonds is 7. The Morgan fingerprint density at radius 2 is 2.13 bits per heavy atom. The monoisotopic (exact) mass is 228 g/mol. The molecule has 1 rings (SSSR count). The minimum Gasteiger partial charge on any atom is -0.270 e. The maximum atomic E-state index is 6.20. The first-order chi connectivity index (χ1) is 7.27. The molecule has 0 N–H and O–H groups in total. The zero-order valence-electron chi connectivity index (χ0n) is 9.75. The fourth-order valence-corrected chi connectivity index (χ4v) is 2.07. The lowest BCUT2D eigenvalue weighted by Crippen LogP contribution is -2.07. The second kappa shape index (κ2) is 6.89. The highest BCUT2D eigenvalue weighted by molar-refractivity contribution is 6.20. The summed E-state index contributed by atoms with van der Waals surface area (Å²) in [5.41, 5.74) is 1.32. The van der Waals surface area contributed by atoms with E-state index in [1.807, 2.05) is 6.20 Å². The Morgan fingerprint density at radius 1 is 1.33 bits per heavy atom. The quantitative estimate of drug-likeness (QED) is 0.652. The number of hydrogen-bond donors (Lipinski definition) is 0. The third-order valence-corrected chi connectivity index (χ3v) is 2.99. The number of hydrogen-bond acceptors (Lipinski definition) is 1. The number of halogens is 1. The van der Waals surface area contributed by atoms with Crippen LogP contribution < -0.4 is 0 Å². The van der Waals surface area contributed by atoms with Gasteiger partial charge in [-0.25, -0.2) is 0 Å². The smallest absolute Gasteiger partial charge is 0.0492 e. The second-order valence-electron chi connectivity index (χ2n) is 3.97. The lowest BCUT2D eigenvalue weighted by molar-refractivity contribution is 0.559. The predicted molar refractivity (Wildman–Crippen MR) is 65.4 cm³/mol.